The Balaban J connectivity index is 1.98. The van der Waals surface area contributed by atoms with Crippen molar-refractivity contribution in [2.45, 2.75) is 25.6 Å². The van der Waals surface area contributed by atoms with Crippen molar-refractivity contribution in [3.05, 3.63) is 53.1 Å². The minimum atomic E-state index is -4.58. The van der Waals surface area contributed by atoms with Crippen LogP contribution in [0.1, 0.15) is 28.7 Å². The SMILES string of the molecule is CC(Cc1cccc(F)c1)NC(=O)c1cc(C(F)(F)F)[nH]n1. The zero-order valence-corrected chi connectivity index (χ0v) is 11.5. The minimum Gasteiger partial charge on any atom is -0.348 e. The number of aromatic amines is 1. The van der Waals surface area contributed by atoms with Gasteiger partial charge in [-0.15, -0.1) is 0 Å². The molecule has 2 rings (SSSR count). The van der Waals surface area contributed by atoms with Gasteiger partial charge in [-0.05, 0) is 31.0 Å². The summed E-state index contributed by atoms with van der Waals surface area (Å²) in [5, 5.41) is 7.63. The third-order valence-corrected chi connectivity index (χ3v) is 2.92. The largest absolute Gasteiger partial charge is 0.432 e. The number of aromatic nitrogens is 2. The van der Waals surface area contributed by atoms with Crippen molar-refractivity contribution in [2.24, 2.45) is 0 Å². The highest BCUT2D eigenvalue weighted by Crippen LogP contribution is 2.27. The van der Waals surface area contributed by atoms with Crippen LogP contribution >= 0.6 is 0 Å². The molecular weight excluding hydrogens is 302 g/mol. The van der Waals surface area contributed by atoms with E-state index in [9.17, 15) is 22.4 Å². The van der Waals surface area contributed by atoms with Crippen LogP contribution in [0.5, 0.6) is 0 Å². The number of hydrogen-bond acceptors (Lipinski definition) is 2. The number of rotatable bonds is 4. The van der Waals surface area contributed by atoms with Crippen LogP contribution in [0, 0.1) is 5.82 Å². The second kappa shape index (κ2) is 6.17. The number of hydrogen-bond donors (Lipinski definition) is 2. The molecule has 2 aromatic rings. The number of carbonyl (C=O) groups excluding carboxylic acids is 1. The molecule has 0 aliphatic rings. The van der Waals surface area contributed by atoms with Gasteiger partial charge < -0.3 is 5.32 Å². The number of H-pyrrole nitrogens is 1. The molecule has 118 valence electrons. The molecule has 1 atom stereocenters. The van der Waals surface area contributed by atoms with E-state index >= 15 is 0 Å². The molecule has 0 fully saturated rings. The molecule has 4 nitrogen and oxygen atoms in total. The fraction of sp³-hybridized carbons (Fsp3) is 0.286. The maximum absolute atomic E-state index is 13.1. The van der Waals surface area contributed by atoms with Crippen LogP contribution in [0.4, 0.5) is 17.6 Å². The fourth-order valence-corrected chi connectivity index (χ4v) is 1.95. The number of amides is 1. The highest BCUT2D eigenvalue weighted by Gasteiger charge is 2.33. The van der Waals surface area contributed by atoms with Crippen LogP contribution in [0.15, 0.2) is 30.3 Å². The van der Waals surface area contributed by atoms with E-state index in [1.54, 1.807) is 24.2 Å². The van der Waals surface area contributed by atoms with Gasteiger partial charge >= 0.3 is 6.18 Å². The quantitative estimate of drug-likeness (QED) is 0.852. The molecule has 0 aliphatic heterocycles. The lowest BCUT2D eigenvalue weighted by molar-refractivity contribution is -0.141. The van der Waals surface area contributed by atoms with Gasteiger partial charge in [0, 0.05) is 12.1 Å². The first-order valence-corrected chi connectivity index (χ1v) is 6.43. The lowest BCUT2D eigenvalue weighted by Crippen LogP contribution is -2.34. The molecular formula is C14H13F4N3O. The van der Waals surface area contributed by atoms with Crippen LogP contribution in [-0.4, -0.2) is 22.1 Å². The number of alkyl halides is 3. The molecule has 0 saturated carbocycles. The van der Waals surface area contributed by atoms with Gasteiger partial charge in [-0.1, -0.05) is 12.1 Å². The predicted octanol–water partition coefficient (Wildman–Crippen LogP) is 2.93. The minimum absolute atomic E-state index is 0.347. The van der Waals surface area contributed by atoms with Gasteiger partial charge in [0.25, 0.3) is 5.91 Å². The molecule has 1 heterocycles. The summed E-state index contributed by atoms with van der Waals surface area (Å²) < 4.78 is 50.3. The molecule has 2 N–H and O–H groups in total. The summed E-state index contributed by atoms with van der Waals surface area (Å²) in [7, 11) is 0. The van der Waals surface area contributed by atoms with E-state index in [0.29, 0.717) is 18.1 Å². The van der Waals surface area contributed by atoms with Crippen LogP contribution in [0.3, 0.4) is 0 Å². The Morgan fingerprint density at radius 2 is 2.09 bits per heavy atom. The number of halogens is 4. The zero-order chi connectivity index (χ0) is 16.3. The molecule has 1 aromatic carbocycles. The van der Waals surface area contributed by atoms with Gasteiger partial charge in [0.05, 0.1) is 0 Å². The van der Waals surface area contributed by atoms with Gasteiger partial charge in [0.15, 0.2) is 5.69 Å². The molecule has 0 bridgehead atoms. The van der Waals surface area contributed by atoms with E-state index < -0.39 is 23.6 Å². The Kier molecular flexibility index (Phi) is 4.48. The van der Waals surface area contributed by atoms with E-state index in [-0.39, 0.29) is 11.7 Å². The summed E-state index contributed by atoms with van der Waals surface area (Å²) >= 11 is 0. The van der Waals surface area contributed by atoms with Crippen LogP contribution in [0.2, 0.25) is 0 Å². The van der Waals surface area contributed by atoms with Crippen molar-refractivity contribution in [2.75, 3.05) is 0 Å². The number of nitrogens with one attached hydrogen (secondary N) is 2. The second-order valence-corrected chi connectivity index (χ2v) is 4.87. The summed E-state index contributed by atoms with van der Waals surface area (Å²) in [6.07, 6.45) is -4.24. The molecule has 1 unspecified atom stereocenters. The van der Waals surface area contributed by atoms with E-state index in [4.69, 9.17) is 0 Å². The van der Waals surface area contributed by atoms with E-state index in [1.165, 1.54) is 12.1 Å². The summed E-state index contributed by atoms with van der Waals surface area (Å²) in [5.41, 5.74) is -0.764. The Morgan fingerprint density at radius 1 is 1.36 bits per heavy atom. The summed E-state index contributed by atoms with van der Waals surface area (Å²) in [6.45, 7) is 1.67. The molecule has 0 radical (unpaired) electrons. The molecule has 0 aliphatic carbocycles. The van der Waals surface area contributed by atoms with Gasteiger partial charge in [0.2, 0.25) is 0 Å². The van der Waals surface area contributed by atoms with Crippen molar-refractivity contribution < 1.29 is 22.4 Å². The van der Waals surface area contributed by atoms with E-state index in [1.807, 2.05) is 0 Å². The first-order chi connectivity index (χ1) is 10.3. The molecule has 0 spiro atoms. The molecule has 22 heavy (non-hydrogen) atoms. The number of benzene rings is 1. The van der Waals surface area contributed by atoms with Crippen molar-refractivity contribution in [1.29, 1.82) is 0 Å². The van der Waals surface area contributed by atoms with Crippen molar-refractivity contribution in [3.63, 3.8) is 0 Å². The Bertz CT molecular complexity index is 666. The third kappa shape index (κ3) is 4.06. The molecule has 0 saturated heterocycles. The highest BCUT2D eigenvalue weighted by molar-refractivity contribution is 5.92. The summed E-state index contributed by atoms with van der Waals surface area (Å²) in [6, 6.07) is 6.13. The zero-order valence-electron chi connectivity index (χ0n) is 11.5. The number of carbonyl (C=O) groups is 1. The van der Waals surface area contributed by atoms with E-state index in [2.05, 4.69) is 10.4 Å². The first-order valence-electron chi connectivity index (χ1n) is 6.43. The first kappa shape index (κ1) is 16.0. The standard InChI is InChI=1S/C14H13F4N3O/c1-8(5-9-3-2-4-10(15)6-9)19-13(22)11-7-12(21-20-11)14(16,17)18/h2-4,6-8H,5H2,1H3,(H,19,22)(H,20,21). The number of nitrogens with zero attached hydrogens (tertiary/aromatic N) is 1. The van der Waals surface area contributed by atoms with Crippen molar-refractivity contribution in [1.82, 2.24) is 15.5 Å². The normalized spacial score (nSPS) is 13.0. The van der Waals surface area contributed by atoms with Crippen molar-refractivity contribution >= 4 is 5.91 Å². The average molecular weight is 315 g/mol. The third-order valence-electron chi connectivity index (χ3n) is 2.92. The average Bonchev–Trinajstić information content (AvgIpc) is 2.87. The van der Waals surface area contributed by atoms with Crippen molar-refractivity contribution in [3.8, 4) is 0 Å². The van der Waals surface area contributed by atoms with Crippen LogP contribution in [-0.2, 0) is 12.6 Å². The molecule has 8 heteroatoms. The van der Waals surface area contributed by atoms with Crippen LogP contribution < -0.4 is 5.32 Å². The van der Waals surface area contributed by atoms with Gasteiger partial charge in [0.1, 0.15) is 11.5 Å². The van der Waals surface area contributed by atoms with Gasteiger partial charge in [-0.25, -0.2) is 4.39 Å². The monoisotopic (exact) mass is 315 g/mol. The Hall–Kier alpha value is -2.38. The van der Waals surface area contributed by atoms with Crippen LogP contribution in [0.25, 0.3) is 0 Å². The lowest BCUT2D eigenvalue weighted by Gasteiger charge is -2.13. The Labute approximate surface area is 123 Å². The van der Waals surface area contributed by atoms with Gasteiger partial charge in [-0.2, -0.15) is 18.3 Å². The highest BCUT2D eigenvalue weighted by atomic mass is 19.4. The smallest absolute Gasteiger partial charge is 0.348 e. The lowest BCUT2D eigenvalue weighted by atomic mass is 10.1. The molecule has 1 aromatic heterocycles. The second-order valence-electron chi connectivity index (χ2n) is 4.87. The fourth-order valence-electron chi connectivity index (χ4n) is 1.95. The molecule has 1 amide bonds. The summed E-state index contributed by atoms with van der Waals surface area (Å²) in [5.74, 6) is -1.12. The van der Waals surface area contributed by atoms with Gasteiger partial charge in [-0.3, -0.25) is 9.89 Å². The Morgan fingerprint density at radius 3 is 2.68 bits per heavy atom. The maximum atomic E-state index is 13.1. The predicted molar refractivity (Wildman–Crippen MR) is 70.6 cm³/mol. The topological polar surface area (TPSA) is 57.8 Å². The van der Waals surface area contributed by atoms with E-state index in [0.717, 1.165) is 0 Å². The summed E-state index contributed by atoms with van der Waals surface area (Å²) in [4.78, 5) is 11.8. The maximum Gasteiger partial charge on any atom is 0.432 e.